The summed E-state index contributed by atoms with van der Waals surface area (Å²) >= 11 is 6.51. The first kappa shape index (κ1) is 45.4. The molecule has 0 aliphatic carbocycles. The van der Waals surface area contributed by atoms with Gasteiger partial charge in [-0.25, -0.2) is 10.2 Å². The molecule has 0 bridgehead atoms. The van der Waals surface area contributed by atoms with Crippen LogP contribution in [0.3, 0.4) is 0 Å². The summed E-state index contributed by atoms with van der Waals surface area (Å²) in [5, 5.41) is 9.35. The molecule has 2 N–H and O–H groups in total. The monoisotopic (exact) mass is 862 g/mol. The molecule has 17 heteroatoms. The predicted molar refractivity (Wildman–Crippen MR) is 232 cm³/mol. The van der Waals surface area contributed by atoms with Gasteiger partial charge in [0.25, 0.3) is 5.91 Å². The number of nitrogens with one attached hydrogen (secondary N) is 2. The third-order valence-electron chi connectivity index (χ3n) is 10.5. The molecule has 1 fully saturated rings. The number of ether oxygens (including phenoxy) is 5. The number of furan rings is 1. The lowest BCUT2D eigenvalue weighted by Gasteiger charge is -2.31. The number of piperazine rings is 1. The topological polar surface area (TPSA) is 174 Å². The zero-order chi connectivity index (χ0) is 43.1. The molecule has 0 spiro atoms. The summed E-state index contributed by atoms with van der Waals surface area (Å²) in [7, 11) is 2.02. The number of hydrazone groups is 1. The van der Waals surface area contributed by atoms with Crippen LogP contribution in [-0.4, -0.2) is 144 Å². The van der Waals surface area contributed by atoms with Gasteiger partial charge in [0.2, 0.25) is 11.8 Å². The molecular weight excluding hydrogens is 808 g/mol. The summed E-state index contributed by atoms with van der Waals surface area (Å²) in [5.74, 6) is 0.0282. The summed E-state index contributed by atoms with van der Waals surface area (Å²) in [5.41, 5.74) is 5.95. The van der Waals surface area contributed by atoms with E-state index in [2.05, 4.69) is 20.7 Å². The van der Waals surface area contributed by atoms with Crippen LogP contribution in [0, 0.1) is 0 Å². The van der Waals surface area contributed by atoms with E-state index in [1.165, 1.54) is 0 Å². The molecular formula is C44H55ClN6O10. The van der Waals surface area contributed by atoms with Crippen LogP contribution in [0.1, 0.15) is 54.3 Å². The Bertz CT molecular complexity index is 2170. The summed E-state index contributed by atoms with van der Waals surface area (Å²) < 4.78 is 33.9. The van der Waals surface area contributed by atoms with Crippen molar-refractivity contribution < 1.29 is 47.3 Å². The molecule has 0 radical (unpaired) electrons. The normalized spacial score (nSPS) is 15.7. The second-order valence-electron chi connectivity index (χ2n) is 14.8. The number of halogens is 1. The minimum Gasteiger partial charge on any atom is -0.451 e. The number of nitrogens with zero attached hydrogens (tertiary/aromatic N) is 4. The number of benzene rings is 3. The Labute approximate surface area is 360 Å². The van der Waals surface area contributed by atoms with E-state index in [1.807, 2.05) is 43.4 Å². The minimum absolute atomic E-state index is 0.0000947. The van der Waals surface area contributed by atoms with Crippen molar-refractivity contribution in [1.82, 2.24) is 20.5 Å². The Morgan fingerprint density at radius 3 is 2.20 bits per heavy atom. The fourth-order valence-electron chi connectivity index (χ4n) is 7.05. The average molecular weight is 863 g/mol. The number of hydrogen-bond acceptors (Lipinski definition) is 12. The zero-order valence-corrected chi connectivity index (χ0v) is 35.8. The van der Waals surface area contributed by atoms with Crippen LogP contribution in [0.2, 0.25) is 0 Å². The molecule has 0 unspecified atom stereocenters. The van der Waals surface area contributed by atoms with E-state index in [-0.39, 0.29) is 42.4 Å². The molecule has 3 heterocycles. The maximum absolute atomic E-state index is 14.2. The molecule has 61 heavy (non-hydrogen) atoms. The van der Waals surface area contributed by atoms with Crippen molar-refractivity contribution in [1.29, 1.82) is 0 Å². The number of anilines is 1. The molecule has 4 amide bonds. The van der Waals surface area contributed by atoms with E-state index in [0.717, 1.165) is 35.0 Å². The predicted octanol–water partition coefficient (Wildman–Crippen LogP) is 5.14. The molecule has 1 atom stereocenters. The minimum atomic E-state index is -0.424. The highest BCUT2D eigenvalue weighted by molar-refractivity contribution is 6.19. The number of hydrogen-bond donors (Lipinski definition) is 2. The van der Waals surface area contributed by atoms with Gasteiger partial charge >= 0.3 is 6.09 Å². The number of carbonyl (C=O) groups is 4. The van der Waals surface area contributed by atoms with Gasteiger partial charge in [0.05, 0.1) is 70.7 Å². The van der Waals surface area contributed by atoms with E-state index in [0.29, 0.717) is 113 Å². The maximum Gasteiger partial charge on any atom is 0.415 e. The molecule has 3 aromatic carbocycles. The number of rotatable bonds is 21. The van der Waals surface area contributed by atoms with Crippen LogP contribution in [0.15, 0.2) is 64.1 Å². The average Bonchev–Trinajstić information content (AvgIpc) is 3.88. The molecule has 16 nitrogen and oxygen atoms in total. The lowest BCUT2D eigenvalue weighted by Crippen LogP contribution is -2.48. The van der Waals surface area contributed by atoms with Crippen LogP contribution >= 0.6 is 11.6 Å². The van der Waals surface area contributed by atoms with Crippen molar-refractivity contribution in [3.8, 4) is 5.75 Å². The number of likely N-dealkylation sites (N-methyl/N-ethyl adjacent to an activating group) is 1. The van der Waals surface area contributed by atoms with E-state index in [4.69, 9.17) is 39.7 Å². The number of alkyl halides is 1. The Balaban J connectivity index is 0.974. The Kier molecular flexibility index (Phi) is 16.9. The van der Waals surface area contributed by atoms with E-state index >= 15 is 0 Å². The summed E-state index contributed by atoms with van der Waals surface area (Å²) in [4.78, 5) is 56.6. The fourth-order valence-corrected chi connectivity index (χ4v) is 7.30. The van der Waals surface area contributed by atoms with Crippen molar-refractivity contribution in [2.75, 3.05) is 110 Å². The highest BCUT2D eigenvalue weighted by Crippen LogP contribution is 2.46. The van der Waals surface area contributed by atoms with Crippen LogP contribution in [-0.2, 0) is 28.5 Å². The molecule has 2 aliphatic heterocycles. The Hall–Kier alpha value is -5.10. The molecule has 6 rings (SSSR count). The van der Waals surface area contributed by atoms with Gasteiger partial charge in [-0.3, -0.25) is 14.4 Å². The lowest BCUT2D eigenvalue weighted by atomic mass is 9.95. The van der Waals surface area contributed by atoms with Gasteiger partial charge in [0, 0.05) is 74.3 Å². The van der Waals surface area contributed by atoms with Crippen molar-refractivity contribution in [2.45, 2.75) is 32.6 Å². The standard InChI is InChI=1S/C44H55ClN6O10/c1-4-40(52)46-12-18-57-20-22-59-24-23-58-21-19-56-17-11-41(53)48-47-30(2)31-9-10-37-32(25-31)26-39(60-37)43(54)51-29-33(28-45)42-35-8-6-5-7-34(35)38(27-36(42)51)61-44(55)50-15-13-49(3)14-16-50/h5-10,25-27,33H,4,11-24,28-29H2,1-3H3,(H,46,52)(H,48,53)/b47-30+/t33-/m1/s1. The SMILES string of the molecule is CCC(=O)NCCOCCOCCOCCOCCC(=O)N/N=C(\C)c1ccc2oc(C(=O)N3C[C@@H](CCl)c4c3cc(OC(=O)N3CCN(C)CC3)c3ccccc43)cc2c1. The quantitative estimate of drug-likeness (QED) is 0.0492. The first-order valence-electron chi connectivity index (χ1n) is 20.7. The summed E-state index contributed by atoms with van der Waals surface area (Å²) in [6.07, 6.45) is 0.150. The van der Waals surface area contributed by atoms with Crippen molar-refractivity contribution >= 4 is 68.6 Å². The number of amides is 4. The summed E-state index contributed by atoms with van der Waals surface area (Å²) in [6.45, 7) is 10.1. The largest absolute Gasteiger partial charge is 0.451 e. The van der Waals surface area contributed by atoms with Gasteiger partial charge in [0.1, 0.15) is 11.3 Å². The Morgan fingerprint density at radius 1 is 0.836 bits per heavy atom. The van der Waals surface area contributed by atoms with Gasteiger partial charge in [-0.15, -0.1) is 11.6 Å². The van der Waals surface area contributed by atoms with Crippen LogP contribution in [0.4, 0.5) is 10.5 Å². The second kappa shape index (κ2) is 22.7. The maximum atomic E-state index is 14.2. The number of fused-ring (bicyclic) bond motifs is 4. The van der Waals surface area contributed by atoms with E-state index in [9.17, 15) is 19.2 Å². The van der Waals surface area contributed by atoms with Gasteiger partial charge in [0.15, 0.2) is 5.76 Å². The second-order valence-corrected chi connectivity index (χ2v) is 15.1. The van der Waals surface area contributed by atoms with Crippen LogP contribution in [0.5, 0.6) is 5.75 Å². The summed E-state index contributed by atoms with van der Waals surface area (Å²) in [6, 6.07) is 16.6. The third-order valence-corrected chi connectivity index (χ3v) is 10.9. The van der Waals surface area contributed by atoms with Gasteiger partial charge < -0.3 is 48.1 Å². The van der Waals surface area contributed by atoms with Gasteiger partial charge in [-0.2, -0.15) is 5.10 Å². The lowest BCUT2D eigenvalue weighted by molar-refractivity contribution is -0.122. The Morgan fingerprint density at radius 2 is 1.51 bits per heavy atom. The fraction of sp³-hybridized carbons (Fsp3) is 0.477. The zero-order valence-electron chi connectivity index (χ0n) is 35.0. The number of carbonyl (C=O) groups excluding carboxylic acids is 4. The first-order valence-corrected chi connectivity index (χ1v) is 21.2. The van der Waals surface area contributed by atoms with Crippen LogP contribution < -0.4 is 20.4 Å². The molecule has 2 aliphatic rings. The molecule has 0 saturated carbocycles. The highest BCUT2D eigenvalue weighted by atomic mass is 35.5. The molecule has 328 valence electrons. The molecule has 4 aromatic rings. The van der Waals surface area contributed by atoms with Crippen molar-refractivity contribution in [3.63, 3.8) is 0 Å². The molecule has 1 aromatic heterocycles. The van der Waals surface area contributed by atoms with Crippen LogP contribution in [0.25, 0.3) is 21.7 Å². The van der Waals surface area contributed by atoms with E-state index in [1.54, 1.807) is 41.8 Å². The van der Waals surface area contributed by atoms with Crippen molar-refractivity contribution in [2.24, 2.45) is 5.10 Å². The van der Waals surface area contributed by atoms with Gasteiger partial charge in [-0.1, -0.05) is 31.2 Å². The van der Waals surface area contributed by atoms with Gasteiger partial charge in [-0.05, 0) is 54.8 Å². The highest BCUT2D eigenvalue weighted by Gasteiger charge is 2.37. The third kappa shape index (κ3) is 12.3. The smallest absolute Gasteiger partial charge is 0.415 e. The van der Waals surface area contributed by atoms with E-state index < -0.39 is 6.09 Å². The van der Waals surface area contributed by atoms with Crippen molar-refractivity contribution in [3.05, 3.63) is 71.5 Å². The molecule has 1 saturated heterocycles. The first-order chi connectivity index (χ1) is 29.7.